The molecule has 2 aromatic rings. The molecule has 4 rings (SSSR count). The zero-order valence-electron chi connectivity index (χ0n) is 14.3. The molecule has 3 heterocycles. The lowest BCUT2D eigenvalue weighted by atomic mass is 10.2. The molecule has 1 fully saturated rings. The lowest BCUT2D eigenvalue weighted by Crippen LogP contribution is -2.34. The summed E-state index contributed by atoms with van der Waals surface area (Å²) in [6.07, 6.45) is -0.0235. The van der Waals surface area contributed by atoms with E-state index in [2.05, 4.69) is 15.3 Å². The standard InChI is InChI=1S/C17H14F5N5O/c18-16(19)6-7-26(9-16)8-13(28)25-15-23-11-4-5-12(17(20,21)22)24-14(11)27(15)10-2-1-3-10/h1-5H,6-9H2,(H,23,25,28). The van der Waals surface area contributed by atoms with Crippen molar-refractivity contribution in [3.63, 3.8) is 0 Å². The molecule has 0 radical (unpaired) electrons. The highest BCUT2D eigenvalue weighted by Crippen LogP contribution is 2.32. The van der Waals surface area contributed by atoms with Crippen molar-refractivity contribution in [1.82, 2.24) is 19.4 Å². The largest absolute Gasteiger partial charge is 0.433 e. The van der Waals surface area contributed by atoms with Crippen LogP contribution >= 0.6 is 0 Å². The maximum atomic E-state index is 13.3. The number of nitrogens with zero attached hydrogens (tertiary/aromatic N) is 4. The number of pyridine rings is 1. The van der Waals surface area contributed by atoms with E-state index < -0.39 is 30.2 Å². The number of hydrogen-bond donors (Lipinski definition) is 1. The van der Waals surface area contributed by atoms with Gasteiger partial charge in [0.05, 0.1) is 18.8 Å². The van der Waals surface area contributed by atoms with Gasteiger partial charge in [0.25, 0.3) is 5.92 Å². The highest BCUT2D eigenvalue weighted by atomic mass is 19.4. The zero-order valence-corrected chi connectivity index (χ0v) is 14.3. The summed E-state index contributed by atoms with van der Waals surface area (Å²) in [5.74, 6) is -3.44. The van der Waals surface area contributed by atoms with E-state index in [-0.39, 0.29) is 36.6 Å². The molecular formula is C17H14F5N5O. The third-order valence-electron chi connectivity index (χ3n) is 4.45. The van der Waals surface area contributed by atoms with Crippen LogP contribution in [-0.4, -0.2) is 50.9 Å². The van der Waals surface area contributed by atoms with Crippen molar-refractivity contribution in [3.8, 4) is 0 Å². The number of halogens is 5. The molecule has 0 bridgehead atoms. The van der Waals surface area contributed by atoms with Crippen molar-refractivity contribution in [2.75, 3.05) is 25.0 Å². The van der Waals surface area contributed by atoms with Gasteiger partial charge in [-0.3, -0.25) is 19.6 Å². The number of aromatic nitrogens is 3. The molecule has 2 aromatic heterocycles. The molecule has 1 aliphatic carbocycles. The Kier molecular flexibility index (Phi) is 4.21. The van der Waals surface area contributed by atoms with Crippen LogP contribution in [0.3, 0.4) is 0 Å². The predicted molar refractivity (Wildman–Crippen MR) is 90.6 cm³/mol. The molecule has 0 spiro atoms. The van der Waals surface area contributed by atoms with Gasteiger partial charge in [0.15, 0.2) is 5.65 Å². The van der Waals surface area contributed by atoms with Gasteiger partial charge >= 0.3 is 6.18 Å². The number of amides is 1. The van der Waals surface area contributed by atoms with Crippen LogP contribution in [0.1, 0.15) is 12.1 Å². The number of anilines is 1. The van der Waals surface area contributed by atoms with Gasteiger partial charge in [0.2, 0.25) is 11.9 Å². The number of likely N-dealkylation sites (tertiary alicyclic amines) is 1. The molecule has 0 saturated carbocycles. The highest BCUT2D eigenvalue weighted by molar-refractivity contribution is 5.94. The van der Waals surface area contributed by atoms with Gasteiger partial charge in [-0.15, -0.1) is 0 Å². The van der Waals surface area contributed by atoms with E-state index in [1.165, 1.54) is 15.5 Å². The number of carbonyl (C=O) groups excluding carboxylic acids is 1. The SMILES string of the molecule is O=C(CN1CCC(F)(F)C1)Nc1nc2ccc(C(F)(F)F)nc2n1C1=CC=C1. The van der Waals surface area contributed by atoms with Crippen molar-refractivity contribution in [2.45, 2.75) is 18.5 Å². The maximum absolute atomic E-state index is 13.3. The van der Waals surface area contributed by atoms with Gasteiger partial charge < -0.3 is 0 Å². The van der Waals surface area contributed by atoms with Crippen molar-refractivity contribution < 1.29 is 26.7 Å². The first-order valence-corrected chi connectivity index (χ1v) is 8.38. The summed E-state index contributed by atoms with van der Waals surface area (Å²) in [7, 11) is 0. The van der Waals surface area contributed by atoms with Gasteiger partial charge in [0, 0.05) is 13.0 Å². The van der Waals surface area contributed by atoms with Crippen LogP contribution in [0.4, 0.5) is 27.9 Å². The Balaban J connectivity index is 1.62. The number of nitrogens with one attached hydrogen (secondary N) is 1. The quantitative estimate of drug-likeness (QED) is 0.803. The van der Waals surface area contributed by atoms with E-state index in [0.717, 1.165) is 6.07 Å². The van der Waals surface area contributed by atoms with E-state index in [4.69, 9.17) is 0 Å². The van der Waals surface area contributed by atoms with Gasteiger partial charge in [-0.2, -0.15) is 13.2 Å². The van der Waals surface area contributed by atoms with Gasteiger partial charge in [0.1, 0.15) is 11.2 Å². The number of allylic oxidation sites excluding steroid dienone is 4. The molecule has 28 heavy (non-hydrogen) atoms. The Morgan fingerprint density at radius 3 is 2.57 bits per heavy atom. The Hall–Kier alpha value is -2.82. The number of fused-ring (bicyclic) bond motifs is 1. The third-order valence-corrected chi connectivity index (χ3v) is 4.45. The summed E-state index contributed by atoms with van der Waals surface area (Å²) >= 11 is 0. The van der Waals surface area contributed by atoms with Gasteiger partial charge in [-0.25, -0.2) is 18.7 Å². The molecule has 1 aliphatic heterocycles. The smallest absolute Gasteiger partial charge is 0.294 e. The topological polar surface area (TPSA) is 63.1 Å². The average molecular weight is 399 g/mol. The molecule has 1 saturated heterocycles. The van der Waals surface area contributed by atoms with Crippen LogP contribution in [0, 0.1) is 0 Å². The summed E-state index contributed by atoms with van der Waals surface area (Å²) in [5.41, 5.74) is -0.481. The van der Waals surface area contributed by atoms with Crippen molar-refractivity contribution in [2.24, 2.45) is 0 Å². The summed E-state index contributed by atoms with van der Waals surface area (Å²) < 4.78 is 66.8. The molecule has 0 aromatic carbocycles. The van der Waals surface area contributed by atoms with E-state index in [9.17, 15) is 26.7 Å². The summed E-state index contributed by atoms with van der Waals surface area (Å²) in [4.78, 5) is 21.4. The monoisotopic (exact) mass is 399 g/mol. The average Bonchev–Trinajstić information content (AvgIpc) is 3.04. The van der Waals surface area contributed by atoms with Crippen molar-refractivity contribution >= 4 is 28.7 Å². The van der Waals surface area contributed by atoms with Crippen LogP contribution in [0.2, 0.25) is 0 Å². The maximum Gasteiger partial charge on any atom is 0.433 e. The minimum absolute atomic E-state index is 0.0200. The van der Waals surface area contributed by atoms with Crippen LogP contribution < -0.4 is 5.32 Å². The van der Waals surface area contributed by atoms with E-state index >= 15 is 0 Å². The fraction of sp³-hybridized carbons (Fsp3) is 0.353. The van der Waals surface area contributed by atoms with Crippen LogP contribution in [0.25, 0.3) is 16.9 Å². The highest BCUT2D eigenvalue weighted by Gasteiger charge is 2.39. The Morgan fingerprint density at radius 2 is 2.00 bits per heavy atom. The number of hydrogen-bond acceptors (Lipinski definition) is 4. The molecule has 11 heteroatoms. The summed E-state index contributed by atoms with van der Waals surface area (Å²) in [5, 5.41) is 2.49. The van der Waals surface area contributed by atoms with E-state index in [0.29, 0.717) is 5.70 Å². The van der Waals surface area contributed by atoms with Crippen molar-refractivity contribution in [1.29, 1.82) is 0 Å². The first-order valence-electron chi connectivity index (χ1n) is 8.38. The normalized spacial score (nSPS) is 19.0. The Bertz CT molecular complexity index is 1010. The third kappa shape index (κ3) is 3.49. The van der Waals surface area contributed by atoms with Crippen molar-refractivity contribution in [3.05, 3.63) is 36.1 Å². The number of imidazole rings is 1. The molecule has 0 atom stereocenters. The minimum atomic E-state index is -4.63. The van der Waals surface area contributed by atoms with Gasteiger partial charge in [-0.1, -0.05) is 6.08 Å². The molecule has 2 aliphatic rings. The van der Waals surface area contributed by atoms with Crippen LogP contribution in [0.5, 0.6) is 0 Å². The Labute approximate surface area is 155 Å². The zero-order chi connectivity index (χ0) is 20.1. The molecule has 0 unspecified atom stereocenters. The van der Waals surface area contributed by atoms with E-state index in [1.807, 2.05) is 0 Å². The number of carbonyl (C=O) groups is 1. The second-order valence-electron chi connectivity index (χ2n) is 6.62. The van der Waals surface area contributed by atoms with Crippen LogP contribution in [0.15, 0.2) is 30.4 Å². The van der Waals surface area contributed by atoms with Gasteiger partial charge in [-0.05, 0) is 24.3 Å². The molecule has 1 amide bonds. The number of alkyl halides is 5. The van der Waals surface area contributed by atoms with Crippen LogP contribution in [-0.2, 0) is 11.0 Å². The second kappa shape index (κ2) is 6.36. The molecule has 148 valence electrons. The lowest BCUT2D eigenvalue weighted by molar-refractivity contribution is -0.141. The fourth-order valence-corrected chi connectivity index (χ4v) is 3.08. The first kappa shape index (κ1) is 18.5. The summed E-state index contributed by atoms with van der Waals surface area (Å²) in [6.45, 7) is -0.697. The molecule has 6 nitrogen and oxygen atoms in total. The lowest BCUT2D eigenvalue weighted by Gasteiger charge is -2.16. The first-order chi connectivity index (χ1) is 13.1. The predicted octanol–water partition coefficient (Wildman–Crippen LogP) is 3.14. The van der Waals surface area contributed by atoms with E-state index in [1.54, 1.807) is 18.2 Å². The second-order valence-corrected chi connectivity index (χ2v) is 6.62. The minimum Gasteiger partial charge on any atom is -0.294 e. The molecule has 1 N–H and O–H groups in total. The summed E-state index contributed by atoms with van der Waals surface area (Å²) in [6, 6.07) is 1.98. The Morgan fingerprint density at radius 1 is 1.25 bits per heavy atom. The fourth-order valence-electron chi connectivity index (χ4n) is 3.08. The number of rotatable bonds is 4. The molecular weight excluding hydrogens is 385 g/mol.